The molecule has 1 aliphatic rings. The highest BCUT2D eigenvalue weighted by atomic mass is 16.5. The summed E-state index contributed by atoms with van der Waals surface area (Å²) in [6.07, 6.45) is 1.86. The average molecular weight is 341 g/mol. The molecule has 2 aromatic carbocycles. The quantitative estimate of drug-likeness (QED) is 0.843. The zero-order chi connectivity index (χ0) is 18.0. The van der Waals surface area contributed by atoms with Crippen LogP contribution in [0.1, 0.15) is 39.1 Å². The first kappa shape index (κ1) is 16.8. The lowest BCUT2D eigenvalue weighted by atomic mass is 10.1. The average Bonchev–Trinajstić information content (AvgIpc) is 3.45. The maximum atomic E-state index is 12.9. The van der Waals surface area contributed by atoms with Gasteiger partial charge in [0.1, 0.15) is 0 Å². The van der Waals surface area contributed by atoms with Gasteiger partial charge >= 0.3 is 5.97 Å². The number of carboxylic acids is 1. The van der Waals surface area contributed by atoms with E-state index in [1.807, 2.05) is 0 Å². The van der Waals surface area contributed by atoms with E-state index in [1.165, 1.54) is 25.3 Å². The molecule has 2 aromatic rings. The number of nitrogens with zero attached hydrogens (tertiary/aromatic N) is 1. The van der Waals surface area contributed by atoms with Crippen molar-refractivity contribution >= 4 is 11.9 Å². The van der Waals surface area contributed by atoms with E-state index < -0.39 is 5.97 Å². The lowest BCUT2D eigenvalue weighted by Crippen LogP contribution is -2.32. The van der Waals surface area contributed by atoms with Gasteiger partial charge in [0.25, 0.3) is 5.91 Å². The molecule has 3 rings (SSSR count). The van der Waals surface area contributed by atoms with Crippen molar-refractivity contribution in [1.82, 2.24) is 4.90 Å². The van der Waals surface area contributed by atoms with E-state index >= 15 is 0 Å². The molecule has 2 N–H and O–H groups in total. The maximum Gasteiger partial charge on any atom is 0.335 e. The van der Waals surface area contributed by atoms with E-state index in [9.17, 15) is 14.7 Å². The lowest BCUT2D eigenvalue weighted by molar-refractivity contribution is 0.0697. The van der Waals surface area contributed by atoms with Crippen LogP contribution in [0.3, 0.4) is 0 Å². The minimum absolute atomic E-state index is 0.0460. The predicted octanol–water partition coefficient (Wildman–Crippen LogP) is 2.90. The SMILES string of the molecule is COc1cc(CN(C(=O)c2cccc(C(=O)O)c2)C2CC2)ccc1O. The molecule has 0 atom stereocenters. The van der Waals surface area contributed by atoms with Gasteiger partial charge < -0.3 is 19.8 Å². The third-order valence-electron chi connectivity index (χ3n) is 4.20. The van der Waals surface area contributed by atoms with E-state index in [-0.39, 0.29) is 23.3 Å². The summed E-state index contributed by atoms with van der Waals surface area (Å²) in [5, 5.41) is 18.8. The molecule has 25 heavy (non-hydrogen) atoms. The summed E-state index contributed by atoms with van der Waals surface area (Å²) in [6, 6.07) is 11.2. The number of carboxylic acid groups (broad SMARTS) is 1. The van der Waals surface area contributed by atoms with Crippen LogP contribution in [0.25, 0.3) is 0 Å². The zero-order valence-corrected chi connectivity index (χ0v) is 13.8. The van der Waals surface area contributed by atoms with Crippen molar-refractivity contribution in [2.45, 2.75) is 25.4 Å². The van der Waals surface area contributed by atoms with E-state index in [1.54, 1.807) is 29.2 Å². The Balaban J connectivity index is 1.85. The minimum Gasteiger partial charge on any atom is -0.504 e. The lowest BCUT2D eigenvalue weighted by Gasteiger charge is -2.23. The largest absolute Gasteiger partial charge is 0.504 e. The Morgan fingerprint density at radius 3 is 2.52 bits per heavy atom. The van der Waals surface area contributed by atoms with Crippen LogP contribution in [0.4, 0.5) is 0 Å². The highest BCUT2D eigenvalue weighted by Gasteiger charge is 2.33. The fraction of sp³-hybridized carbons (Fsp3) is 0.263. The van der Waals surface area contributed by atoms with Crippen LogP contribution in [0.5, 0.6) is 11.5 Å². The van der Waals surface area contributed by atoms with Crippen LogP contribution < -0.4 is 4.74 Å². The first-order valence-corrected chi connectivity index (χ1v) is 8.00. The van der Waals surface area contributed by atoms with Crippen LogP contribution in [0, 0.1) is 0 Å². The Morgan fingerprint density at radius 1 is 1.16 bits per heavy atom. The fourth-order valence-electron chi connectivity index (χ4n) is 2.72. The summed E-state index contributed by atoms with van der Waals surface area (Å²) >= 11 is 0. The molecule has 0 aliphatic heterocycles. The van der Waals surface area contributed by atoms with Gasteiger partial charge in [-0.15, -0.1) is 0 Å². The molecule has 0 spiro atoms. The van der Waals surface area contributed by atoms with Crippen molar-refractivity contribution in [2.75, 3.05) is 7.11 Å². The second-order valence-corrected chi connectivity index (χ2v) is 6.06. The number of hydrogen-bond acceptors (Lipinski definition) is 4. The number of aromatic carboxylic acids is 1. The molecule has 1 aliphatic carbocycles. The van der Waals surface area contributed by atoms with E-state index in [0.29, 0.717) is 17.9 Å². The minimum atomic E-state index is -1.06. The van der Waals surface area contributed by atoms with Gasteiger partial charge in [0.05, 0.1) is 12.7 Å². The first-order valence-electron chi connectivity index (χ1n) is 8.00. The summed E-state index contributed by atoms with van der Waals surface area (Å²) in [5.41, 5.74) is 1.29. The van der Waals surface area contributed by atoms with Gasteiger partial charge in [0.15, 0.2) is 11.5 Å². The van der Waals surface area contributed by atoms with E-state index in [2.05, 4.69) is 0 Å². The van der Waals surface area contributed by atoms with Gasteiger partial charge in [-0.25, -0.2) is 4.79 Å². The molecule has 0 saturated heterocycles. The Bertz CT molecular complexity index is 813. The van der Waals surface area contributed by atoms with Gasteiger partial charge in [0.2, 0.25) is 0 Å². The maximum absolute atomic E-state index is 12.9. The van der Waals surface area contributed by atoms with Crippen molar-refractivity contribution in [1.29, 1.82) is 0 Å². The smallest absolute Gasteiger partial charge is 0.335 e. The number of benzene rings is 2. The van der Waals surface area contributed by atoms with Crippen LogP contribution in [0.2, 0.25) is 0 Å². The number of ether oxygens (including phenoxy) is 1. The van der Waals surface area contributed by atoms with Gasteiger partial charge in [-0.05, 0) is 48.7 Å². The Kier molecular flexibility index (Phi) is 4.61. The number of aromatic hydroxyl groups is 1. The monoisotopic (exact) mass is 341 g/mol. The Labute approximate surface area is 145 Å². The molecule has 1 fully saturated rings. The molecule has 1 amide bonds. The van der Waals surface area contributed by atoms with Gasteiger partial charge in [0, 0.05) is 18.2 Å². The number of phenols is 1. The standard InChI is InChI=1S/C19H19NO5/c1-25-17-9-12(5-8-16(17)21)11-20(15-6-7-15)18(22)13-3-2-4-14(10-13)19(23)24/h2-5,8-10,15,21H,6-7,11H2,1H3,(H,23,24). The van der Waals surface area contributed by atoms with Gasteiger partial charge in [-0.1, -0.05) is 12.1 Å². The molecule has 6 heteroatoms. The second-order valence-electron chi connectivity index (χ2n) is 6.06. The number of amides is 1. The van der Waals surface area contributed by atoms with Gasteiger partial charge in [-0.2, -0.15) is 0 Å². The first-order chi connectivity index (χ1) is 12.0. The number of hydrogen-bond donors (Lipinski definition) is 2. The van der Waals surface area contributed by atoms with Crippen LogP contribution in [0.15, 0.2) is 42.5 Å². The number of phenolic OH excluding ortho intramolecular Hbond substituents is 1. The summed E-state index contributed by atoms with van der Waals surface area (Å²) < 4.78 is 5.11. The molecule has 1 saturated carbocycles. The van der Waals surface area contributed by atoms with Crippen LogP contribution in [-0.4, -0.2) is 40.1 Å². The molecule has 6 nitrogen and oxygen atoms in total. The highest BCUT2D eigenvalue weighted by molar-refractivity contribution is 5.97. The summed E-state index contributed by atoms with van der Waals surface area (Å²) in [4.78, 5) is 25.7. The predicted molar refractivity (Wildman–Crippen MR) is 91.0 cm³/mol. The Morgan fingerprint density at radius 2 is 1.88 bits per heavy atom. The molecular formula is C19H19NO5. The van der Waals surface area contributed by atoms with Crippen LogP contribution >= 0.6 is 0 Å². The second kappa shape index (κ2) is 6.84. The number of carbonyl (C=O) groups is 2. The molecule has 130 valence electrons. The third kappa shape index (κ3) is 3.74. The summed E-state index contributed by atoms with van der Waals surface area (Å²) in [5.74, 6) is -0.855. The normalized spacial score (nSPS) is 13.3. The number of carbonyl (C=O) groups excluding carboxylic acids is 1. The summed E-state index contributed by atoms with van der Waals surface area (Å²) in [7, 11) is 1.47. The number of methoxy groups -OCH3 is 1. The molecule has 0 heterocycles. The van der Waals surface area contributed by atoms with Crippen molar-refractivity contribution in [2.24, 2.45) is 0 Å². The molecule has 0 bridgehead atoms. The number of rotatable bonds is 6. The molecular weight excluding hydrogens is 322 g/mol. The van der Waals surface area contributed by atoms with Crippen molar-refractivity contribution < 1.29 is 24.5 Å². The zero-order valence-electron chi connectivity index (χ0n) is 13.8. The molecule has 0 aromatic heterocycles. The fourth-order valence-corrected chi connectivity index (χ4v) is 2.72. The topological polar surface area (TPSA) is 87.1 Å². The third-order valence-corrected chi connectivity index (χ3v) is 4.20. The van der Waals surface area contributed by atoms with Crippen molar-refractivity contribution in [3.8, 4) is 11.5 Å². The van der Waals surface area contributed by atoms with Crippen molar-refractivity contribution in [3.63, 3.8) is 0 Å². The van der Waals surface area contributed by atoms with E-state index in [4.69, 9.17) is 9.84 Å². The Hall–Kier alpha value is -3.02. The van der Waals surface area contributed by atoms with Crippen LogP contribution in [-0.2, 0) is 6.54 Å². The van der Waals surface area contributed by atoms with Gasteiger partial charge in [-0.3, -0.25) is 4.79 Å². The molecule has 0 radical (unpaired) electrons. The molecule has 0 unspecified atom stereocenters. The highest BCUT2D eigenvalue weighted by Crippen LogP contribution is 2.32. The van der Waals surface area contributed by atoms with E-state index in [0.717, 1.165) is 18.4 Å². The van der Waals surface area contributed by atoms with Crippen molar-refractivity contribution in [3.05, 3.63) is 59.2 Å². The summed E-state index contributed by atoms with van der Waals surface area (Å²) in [6.45, 7) is 0.372.